The van der Waals surface area contributed by atoms with Gasteiger partial charge in [-0.25, -0.2) is 0 Å². The Morgan fingerprint density at radius 2 is 1.72 bits per heavy atom. The average molecular weight is 239 g/mol. The standard InChI is InChI=1S/C14H12BO3/c1-17-13-9-5-3-7-11(13)14(16)10-6-2-4-8-12(10)15-18-14/h2-9,16H,1H3. The van der Waals surface area contributed by atoms with Crippen molar-refractivity contribution >= 4 is 12.9 Å². The van der Waals surface area contributed by atoms with E-state index in [2.05, 4.69) is 0 Å². The largest absolute Gasteiger partial charge is 0.496 e. The van der Waals surface area contributed by atoms with Gasteiger partial charge >= 0.3 is 7.48 Å². The highest BCUT2D eigenvalue weighted by Gasteiger charge is 2.41. The maximum atomic E-state index is 10.8. The van der Waals surface area contributed by atoms with Gasteiger partial charge in [0.05, 0.1) is 12.7 Å². The molecule has 0 saturated carbocycles. The van der Waals surface area contributed by atoms with Crippen LogP contribution in [0.3, 0.4) is 0 Å². The second kappa shape index (κ2) is 4.16. The van der Waals surface area contributed by atoms with E-state index in [1.54, 1.807) is 26.7 Å². The summed E-state index contributed by atoms with van der Waals surface area (Å²) in [6.07, 6.45) is 0. The van der Waals surface area contributed by atoms with Crippen LogP contribution in [0.2, 0.25) is 0 Å². The van der Waals surface area contributed by atoms with Crippen molar-refractivity contribution in [2.24, 2.45) is 0 Å². The summed E-state index contributed by atoms with van der Waals surface area (Å²) in [6, 6.07) is 14.9. The molecule has 1 aliphatic rings. The van der Waals surface area contributed by atoms with Gasteiger partial charge < -0.3 is 14.5 Å². The van der Waals surface area contributed by atoms with Crippen LogP contribution in [-0.2, 0) is 10.4 Å². The zero-order valence-electron chi connectivity index (χ0n) is 9.96. The number of para-hydroxylation sites is 1. The molecule has 0 aromatic heterocycles. The molecule has 89 valence electrons. The average Bonchev–Trinajstić information content (AvgIpc) is 2.78. The highest BCUT2D eigenvalue weighted by atomic mass is 16.6. The number of hydrogen-bond acceptors (Lipinski definition) is 3. The molecule has 0 fully saturated rings. The molecule has 1 N–H and O–H groups in total. The molecular formula is C14H12BO3. The van der Waals surface area contributed by atoms with Gasteiger partial charge in [0.2, 0.25) is 5.79 Å². The van der Waals surface area contributed by atoms with Gasteiger partial charge in [0.25, 0.3) is 0 Å². The second-order valence-corrected chi connectivity index (χ2v) is 4.17. The molecule has 4 heteroatoms. The fourth-order valence-electron chi connectivity index (χ4n) is 2.25. The van der Waals surface area contributed by atoms with Crippen LogP contribution >= 0.6 is 0 Å². The summed E-state index contributed by atoms with van der Waals surface area (Å²) < 4.78 is 10.8. The van der Waals surface area contributed by atoms with E-state index in [-0.39, 0.29) is 0 Å². The Morgan fingerprint density at radius 1 is 1.06 bits per heavy atom. The predicted molar refractivity (Wildman–Crippen MR) is 68.9 cm³/mol. The first kappa shape index (κ1) is 11.3. The molecule has 2 aromatic rings. The Bertz CT molecular complexity index is 585. The minimum Gasteiger partial charge on any atom is -0.496 e. The van der Waals surface area contributed by atoms with Crippen molar-refractivity contribution in [1.29, 1.82) is 0 Å². The Kier molecular flexibility index (Phi) is 2.61. The number of hydrogen-bond donors (Lipinski definition) is 1. The van der Waals surface area contributed by atoms with Crippen LogP contribution in [-0.4, -0.2) is 19.7 Å². The molecule has 0 saturated heterocycles. The number of ether oxygens (including phenoxy) is 1. The number of benzene rings is 2. The van der Waals surface area contributed by atoms with Crippen LogP contribution < -0.4 is 10.2 Å². The number of methoxy groups -OCH3 is 1. The van der Waals surface area contributed by atoms with E-state index in [1.807, 2.05) is 36.4 Å². The highest BCUT2D eigenvalue weighted by Crippen LogP contribution is 2.37. The van der Waals surface area contributed by atoms with Crippen molar-refractivity contribution in [3.8, 4) is 5.75 Å². The van der Waals surface area contributed by atoms with E-state index >= 15 is 0 Å². The van der Waals surface area contributed by atoms with Crippen LogP contribution in [0.5, 0.6) is 5.75 Å². The first-order valence-electron chi connectivity index (χ1n) is 5.72. The van der Waals surface area contributed by atoms with Gasteiger partial charge in [-0.2, -0.15) is 0 Å². The molecule has 18 heavy (non-hydrogen) atoms. The van der Waals surface area contributed by atoms with Crippen molar-refractivity contribution in [3.05, 3.63) is 59.7 Å². The molecule has 0 spiro atoms. The highest BCUT2D eigenvalue weighted by molar-refractivity contribution is 6.49. The lowest BCUT2D eigenvalue weighted by Crippen LogP contribution is -2.27. The van der Waals surface area contributed by atoms with Crippen molar-refractivity contribution in [2.45, 2.75) is 5.79 Å². The summed E-state index contributed by atoms with van der Waals surface area (Å²) >= 11 is 0. The minimum absolute atomic E-state index is 0.602. The van der Waals surface area contributed by atoms with Gasteiger partial charge in [-0.3, -0.25) is 0 Å². The molecule has 1 heterocycles. The second-order valence-electron chi connectivity index (χ2n) is 4.17. The summed E-state index contributed by atoms with van der Waals surface area (Å²) in [6.45, 7) is 0. The van der Waals surface area contributed by atoms with E-state index in [4.69, 9.17) is 9.39 Å². The van der Waals surface area contributed by atoms with Crippen LogP contribution in [0.15, 0.2) is 48.5 Å². The monoisotopic (exact) mass is 239 g/mol. The first-order valence-corrected chi connectivity index (χ1v) is 5.72. The molecule has 0 aliphatic carbocycles. The maximum absolute atomic E-state index is 10.8. The van der Waals surface area contributed by atoms with Crippen molar-refractivity contribution < 1.29 is 14.5 Å². The maximum Gasteiger partial charge on any atom is 0.335 e. The van der Waals surface area contributed by atoms with Gasteiger partial charge in [0.1, 0.15) is 5.75 Å². The Hall–Kier alpha value is -1.78. The quantitative estimate of drug-likeness (QED) is 0.799. The molecule has 1 aliphatic heterocycles. The predicted octanol–water partition coefficient (Wildman–Crippen LogP) is 1.16. The van der Waals surface area contributed by atoms with E-state index in [0.29, 0.717) is 11.3 Å². The lowest BCUT2D eigenvalue weighted by Gasteiger charge is -2.26. The van der Waals surface area contributed by atoms with Crippen LogP contribution in [0, 0.1) is 0 Å². The Balaban J connectivity index is 2.17. The van der Waals surface area contributed by atoms with Crippen LogP contribution in [0.4, 0.5) is 0 Å². The molecular weight excluding hydrogens is 227 g/mol. The van der Waals surface area contributed by atoms with Gasteiger partial charge in [-0.1, -0.05) is 36.4 Å². The molecule has 1 radical (unpaired) electrons. The number of fused-ring (bicyclic) bond motifs is 1. The molecule has 3 rings (SSSR count). The zero-order valence-corrected chi connectivity index (χ0v) is 9.96. The van der Waals surface area contributed by atoms with E-state index < -0.39 is 5.79 Å². The summed E-state index contributed by atoms with van der Waals surface area (Å²) in [5, 5.41) is 10.8. The smallest absolute Gasteiger partial charge is 0.335 e. The summed E-state index contributed by atoms with van der Waals surface area (Å²) in [5.41, 5.74) is 2.22. The molecule has 3 nitrogen and oxygen atoms in total. The fourth-order valence-corrected chi connectivity index (χ4v) is 2.25. The van der Waals surface area contributed by atoms with E-state index in [9.17, 15) is 5.11 Å². The molecule has 0 bridgehead atoms. The van der Waals surface area contributed by atoms with Crippen molar-refractivity contribution in [3.63, 3.8) is 0 Å². The Labute approximate surface area is 106 Å². The third kappa shape index (κ3) is 1.54. The zero-order chi connectivity index (χ0) is 12.6. The van der Waals surface area contributed by atoms with Gasteiger partial charge in [-0.05, 0) is 17.6 Å². The minimum atomic E-state index is -1.47. The lowest BCUT2D eigenvalue weighted by atomic mass is 9.85. The van der Waals surface area contributed by atoms with E-state index in [1.165, 1.54) is 0 Å². The summed E-state index contributed by atoms with van der Waals surface area (Å²) in [4.78, 5) is 0. The SMILES string of the molecule is COc1ccccc1C1(O)O[B]c2ccccc21. The first-order chi connectivity index (χ1) is 8.75. The van der Waals surface area contributed by atoms with Crippen molar-refractivity contribution in [2.75, 3.05) is 7.11 Å². The lowest BCUT2D eigenvalue weighted by molar-refractivity contribution is -0.100. The number of aliphatic hydroxyl groups is 1. The van der Waals surface area contributed by atoms with Gasteiger partial charge in [0, 0.05) is 5.56 Å². The molecule has 0 amide bonds. The van der Waals surface area contributed by atoms with Crippen LogP contribution in [0.25, 0.3) is 0 Å². The van der Waals surface area contributed by atoms with Crippen molar-refractivity contribution in [1.82, 2.24) is 0 Å². The van der Waals surface area contributed by atoms with Gasteiger partial charge in [0.15, 0.2) is 0 Å². The topological polar surface area (TPSA) is 38.7 Å². The van der Waals surface area contributed by atoms with Crippen LogP contribution in [0.1, 0.15) is 11.1 Å². The third-order valence-corrected chi connectivity index (χ3v) is 3.15. The molecule has 1 unspecified atom stereocenters. The number of rotatable bonds is 2. The third-order valence-electron chi connectivity index (χ3n) is 3.15. The normalized spacial score (nSPS) is 21.2. The fraction of sp³-hybridized carbons (Fsp3) is 0.143. The summed E-state index contributed by atoms with van der Waals surface area (Å²) in [5.74, 6) is -0.867. The molecule has 2 aromatic carbocycles. The summed E-state index contributed by atoms with van der Waals surface area (Å²) in [7, 11) is 3.15. The Morgan fingerprint density at radius 3 is 2.50 bits per heavy atom. The van der Waals surface area contributed by atoms with Gasteiger partial charge in [-0.15, -0.1) is 0 Å². The van der Waals surface area contributed by atoms with E-state index in [0.717, 1.165) is 11.0 Å². The molecule has 1 atom stereocenters.